The highest BCUT2D eigenvalue weighted by molar-refractivity contribution is 7.80. The van der Waals surface area contributed by atoms with E-state index in [4.69, 9.17) is 17.0 Å². The second kappa shape index (κ2) is 13.5. The molecular formula is C19H31N3O3S. The molecule has 26 heavy (non-hydrogen) atoms. The lowest BCUT2D eigenvalue weighted by Gasteiger charge is -2.20. The van der Waals surface area contributed by atoms with Gasteiger partial charge in [0.2, 0.25) is 5.91 Å². The molecule has 7 heteroatoms. The molecule has 2 atom stereocenters. The molecule has 4 N–H and O–H groups in total. The molecule has 0 aliphatic heterocycles. The lowest BCUT2D eigenvalue weighted by Crippen LogP contribution is -2.46. The number of carbonyl (C=O) groups is 1. The zero-order valence-corrected chi connectivity index (χ0v) is 16.5. The Morgan fingerprint density at radius 1 is 1.19 bits per heavy atom. The van der Waals surface area contributed by atoms with Gasteiger partial charge < -0.3 is 15.2 Å². The van der Waals surface area contributed by atoms with E-state index >= 15 is 0 Å². The molecule has 0 aromatic heterocycles. The number of para-hydroxylation sites is 1. The minimum atomic E-state index is -0.649. The SMILES string of the molecule is CCCC[C@H](C[C@@H](O)COCCC)C(=O)NNC(=S)Nc1ccccc1. The molecule has 1 amide bonds. The standard InChI is InChI=1S/C19H31N3O3S/c1-3-5-9-15(13-17(23)14-25-12-4-2)18(24)21-22-19(26)20-16-10-7-6-8-11-16/h6-8,10-11,15,17,23H,3-5,9,12-14H2,1-2H3,(H,21,24)(H2,20,22,26)/t15-,17-/m1/s1. The van der Waals surface area contributed by atoms with Crippen molar-refractivity contribution >= 4 is 28.9 Å². The van der Waals surface area contributed by atoms with E-state index < -0.39 is 6.10 Å². The van der Waals surface area contributed by atoms with Crippen molar-refractivity contribution in [2.75, 3.05) is 18.5 Å². The summed E-state index contributed by atoms with van der Waals surface area (Å²) in [5.74, 6) is -0.465. The first-order valence-electron chi connectivity index (χ1n) is 9.24. The molecule has 0 aliphatic carbocycles. The summed E-state index contributed by atoms with van der Waals surface area (Å²) in [7, 11) is 0. The third kappa shape index (κ3) is 9.70. The Balaban J connectivity index is 2.44. The number of amides is 1. The van der Waals surface area contributed by atoms with Crippen LogP contribution in [-0.2, 0) is 9.53 Å². The summed E-state index contributed by atoms with van der Waals surface area (Å²) < 4.78 is 5.37. The Kier molecular flexibility index (Phi) is 11.6. The Hall–Kier alpha value is -1.70. The van der Waals surface area contributed by atoms with Crippen molar-refractivity contribution in [2.45, 2.75) is 52.1 Å². The van der Waals surface area contributed by atoms with Crippen LogP contribution in [0.1, 0.15) is 46.0 Å². The maximum absolute atomic E-state index is 12.5. The fraction of sp³-hybridized carbons (Fsp3) is 0.579. The molecule has 1 aromatic carbocycles. The summed E-state index contributed by atoms with van der Waals surface area (Å²) in [6.07, 6.45) is 3.26. The molecule has 0 heterocycles. The van der Waals surface area contributed by atoms with Crippen molar-refractivity contribution in [1.82, 2.24) is 10.9 Å². The van der Waals surface area contributed by atoms with Crippen LogP contribution in [0.5, 0.6) is 0 Å². The Morgan fingerprint density at radius 3 is 2.58 bits per heavy atom. The lowest BCUT2D eigenvalue weighted by molar-refractivity contribution is -0.127. The molecule has 1 rings (SSSR count). The van der Waals surface area contributed by atoms with Gasteiger partial charge in [0.25, 0.3) is 0 Å². The molecule has 146 valence electrons. The van der Waals surface area contributed by atoms with Crippen molar-refractivity contribution in [3.05, 3.63) is 30.3 Å². The maximum atomic E-state index is 12.5. The summed E-state index contributed by atoms with van der Waals surface area (Å²) in [6, 6.07) is 9.47. The number of nitrogens with one attached hydrogen (secondary N) is 3. The molecule has 0 radical (unpaired) electrons. The quantitative estimate of drug-likeness (QED) is 0.268. The number of hydrogen-bond acceptors (Lipinski definition) is 4. The zero-order chi connectivity index (χ0) is 19.2. The van der Waals surface area contributed by atoms with E-state index in [2.05, 4.69) is 23.1 Å². The second-order valence-corrected chi connectivity index (χ2v) is 6.65. The van der Waals surface area contributed by atoms with Gasteiger partial charge in [0.15, 0.2) is 5.11 Å². The zero-order valence-electron chi connectivity index (χ0n) is 15.7. The fourth-order valence-corrected chi connectivity index (χ4v) is 2.64. The fourth-order valence-electron chi connectivity index (χ4n) is 2.47. The number of hydrogen-bond donors (Lipinski definition) is 4. The van der Waals surface area contributed by atoms with E-state index in [1.165, 1.54) is 0 Å². The minimum Gasteiger partial charge on any atom is -0.391 e. The predicted molar refractivity (Wildman–Crippen MR) is 109 cm³/mol. The first-order valence-corrected chi connectivity index (χ1v) is 9.65. The highest BCUT2D eigenvalue weighted by Gasteiger charge is 2.22. The van der Waals surface area contributed by atoms with E-state index in [9.17, 15) is 9.90 Å². The van der Waals surface area contributed by atoms with Crippen LogP contribution in [0, 0.1) is 5.92 Å². The number of rotatable bonds is 11. The third-order valence-corrected chi connectivity index (χ3v) is 4.03. The summed E-state index contributed by atoms with van der Waals surface area (Å²) in [5, 5.41) is 13.4. The van der Waals surface area contributed by atoms with Gasteiger partial charge in [-0.25, -0.2) is 0 Å². The van der Waals surface area contributed by atoms with Gasteiger partial charge in [0.05, 0.1) is 12.7 Å². The summed E-state index contributed by atoms with van der Waals surface area (Å²) >= 11 is 5.18. The normalized spacial score (nSPS) is 12.9. The van der Waals surface area contributed by atoms with Crippen LogP contribution in [0.4, 0.5) is 5.69 Å². The molecule has 0 spiro atoms. The number of aliphatic hydroxyl groups excluding tert-OH is 1. The number of anilines is 1. The number of benzene rings is 1. The van der Waals surface area contributed by atoms with Gasteiger partial charge in [-0.1, -0.05) is 44.9 Å². The first-order chi connectivity index (χ1) is 12.6. The summed E-state index contributed by atoms with van der Waals surface area (Å²) in [5.41, 5.74) is 6.20. The Morgan fingerprint density at radius 2 is 1.92 bits per heavy atom. The van der Waals surface area contributed by atoms with Crippen LogP contribution in [-0.4, -0.2) is 35.4 Å². The van der Waals surface area contributed by atoms with Crippen LogP contribution in [0.3, 0.4) is 0 Å². The Labute approximate surface area is 161 Å². The van der Waals surface area contributed by atoms with Crippen LogP contribution >= 0.6 is 12.2 Å². The second-order valence-electron chi connectivity index (χ2n) is 6.24. The van der Waals surface area contributed by atoms with Crippen molar-refractivity contribution < 1.29 is 14.6 Å². The van der Waals surface area contributed by atoms with Gasteiger partial charge in [0.1, 0.15) is 0 Å². The molecule has 1 aromatic rings. The molecule has 0 unspecified atom stereocenters. The van der Waals surface area contributed by atoms with Gasteiger partial charge in [-0.3, -0.25) is 15.6 Å². The molecule has 6 nitrogen and oxygen atoms in total. The first kappa shape index (κ1) is 22.3. The maximum Gasteiger partial charge on any atom is 0.241 e. The van der Waals surface area contributed by atoms with Gasteiger partial charge in [-0.15, -0.1) is 0 Å². The van der Waals surface area contributed by atoms with E-state index in [1.807, 2.05) is 37.3 Å². The van der Waals surface area contributed by atoms with Crippen LogP contribution < -0.4 is 16.2 Å². The number of ether oxygens (including phenoxy) is 1. The molecule has 0 fully saturated rings. The molecule has 0 aliphatic rings. The average Bonchev–Trinajstić information content (AvgIpc) is 2.64. The van der Waals surface area contributed by atoms with E-state index in [-0.39, 0.29) is 18.4 Å². The van der Waals surface area contributed by atoms with E-state index in [0.29, 0.717) is 24.6 Å². The highest BCUT2D eigenvalue weighted by Crippen LogP contribution is 2.16. The van der Waals surface area contributed by atoms with Gasteiger partial charge in [0, 0.05) is 18.2 Å². The van der Waals surface area contributed by atoms with E-state index in [1.54, 1.807) is 0 Å². The number of unbranched alkanes of at least 4 members (excludes halogenated alkanes) is 1. The third-order valence-electron chi connectivity index (χ3n) is 3.82. The van der Waals surface area contributed by atoms with Gasteiger partial charge in [-0.05, 0) is 43.6 Å². The smallest absolute Gasteiger partial charge is 0.241 e. The monoisotopic (exact) mass is 381 g/mol. The lowest BCUT2D eigenvalue weighted by atomic mass is 9.95. The molecular weight excluding hydrogens is 350 g/mol. The van der Waals surface area contributed by atoms with Crippen molar-refractivity contribution in [1.29, 1.82) is 0 Å². The largest absolute Gasteiger partial charge is 0.391 e. The van der Waals surface area contributed by atoms with Crippen LogP contribution in [0.25, 0.3) is 0 Å². The van der Waals surface area contributed by atoms with E-state index in [0.717, 1.165) is 24.9 Å². The van der Waals surface area contributed by atoms with Crippen molar-refractivity contribution in [3.63, 3.8) is 0 Å². The van der Waals surface area contributed by atoms with Crippen molar-refractivity contribution in [2.24, 2.45) is 5.92 Å². The highest BCUT2D eigenvalue weighted by atomic mass is 32.1. The molecule has 0 bridgehead atoms. The predicted octanol–water partition coefficient (Wildman–Crippen LogP) is 2.99. The summed E-state index contributed by atoms with van der Waals surface area (Å²) in [6.45, 7) is 4.96. The molecule has 0 saturated heterocycles. The van der Waals surface area contributed by atoms with Crippen LogP contribution in [0.15, 0.2) is 30.3 Å². The summed E-state index contributed by atoms with van der Waals surface area (Å²) in [4.78, 5) is 12.5. The number of carbonyl (C=O) groups excluding carboxylic acids is 1. The van der Waals surface area contributed by atoms with Crippen LogP contribution in [0.2, 0.25) is 0 Å². The Bertz CT molecular complexity index is 528. The average molecular weight is 382 g/mol. The topological polar surface area (TPSA) is 82.6 Å². The van der Waals surface area contributed by atoms with Gasteiger partial charge >= 0.3 is 0 Å². The number of aliphatic hydroxyl groups is 1. The van der Waals surface area contributed by atoms with Gasteiger partial charge in [-0.2, -0.15) is 0 Å². The number of hydrazine groups is 1. The number of thiocarbonyl (C=S) groups is 1. The minimum absolute atomic E-state index is 0.176. The van der Waals surface area contributed by atoms with Crippen molar-refractivity contribution in [3.8, 4) is 0 Å². The molecule has 0 saturated carbocycles.